The molecule has 0 radical (unpaired) electrons. The van der Waals surface area contributed by atoms with Crippen LogP contribution in [0.5, 0.6) is 0 Å². The van der Waals surface area contributed by atoms with Crippen LogP contribution in [0.4, 0.5) is 5.95 Å². The number of amides is 1. The number of hydrogen-bond acceptors (Lipinski definition) is 6. The number of likely N-dealkylation sites (tertiary alicyclic amines) is 1. The van der Waals surface area contributed by atoms with Gasteiger partial charge in [0, 0.05) is 83.8 Å². The number of nitrogens with one attached hydrogen (secondary N) is 2. The fraction of sp³-hybridized carbons (Fsp3) is 0.714. The highest BCUT2D eigenvalue weighted by Crippen LogP contribution is 2.13. The molecule has 0 spiro atoms. The molecular formula is C21H37IN8O. The van der Waals surface area contributed by atoms with E-state index < -0.39 is 0 Å². The Morgan fingerprint density at radius 1 is 1.13 bits per heavy atom. The van der Waals surface area contributed by atoms with Gasteiger partial charge in [-0.2, -0.15) is 0 Å². The van der Waals surface area contributed by atoms with Crippen LogP contribution in [0.25, 0.3) is 0 Å². The van der Waals surface area contributed by atoms with Crippen molar-refractivity contribution in [3.8, 4) is 0 Å². The molecule has 1 aromatic heterocycles. The van der Waals surface area contributed by atoms with Gasteiger partial charge in [-0.1, -0.05) is 0 Å². The predicted octanol–water partition coefficient (Wildman–Crippen LogP) is 1.17. The third-order valence-corrected chi connectivity index (χ3v) is 5.92. The summed E-state index contributed by atoms with van der Waals surface area (Å²) in [6, 6.07) is 2.86. The van der Waals surface area contributed by atoms with Gasteiger partial charge in [-0.25, -0.2) is 9.97 Å². The van der Waals surface area contributed by atoms with Gasteiger partial charge in [0.05, 0.1) is 0 Å². The maximum absolute atomic E-state index is 12.6. The third kappa shape index (κ3) is 7.74. The molecular weight excluding hydrogens is 507 g/mol. The maximum atomic E-state index is 12.6. The van der Waals surface area contributed by atoms with Crippen molar-refractivity contribution < 1.29 is 4.79 Å². The molecule has 3 heterocycles. The Morgan fingerprint density at radius 2 is 1.77 bits per heavy atom. The first kappa shape index (κ1) is 25.6. The first-order valence-corrected chi connectivity index (χ1v) is 11.1. The second-order valence-corrected chi connectivity index (χ2v) is 8.21. The molecule has 174 valence electrons. The SMILES string of the molecule is CN=C(NCCC(=O)N1CCN(c2ncccn2)CC1)NC1CCN(C(C)C)CC1.I. The Morgan fingerprint density at radius 3 is 2.35 bits per heavy atom. The van der Waals surface area contributed by atoms with Gasteiger partial charge in [0.1, 0.15) is 0 Å². The van der Waals surface area contributed by atoms with Crippen LogP contribution < -0.4 is 15.5 Å². The molecule has 2 aliphatic heterocycles. The summed E-state index contributed by atoms with van der Waals surface area (Å²) in [5.74, 6) is 1.70. The van der Waals surface area contributed by atoms with Crippen LogP contribution in [0, 0.1) is 0 Å². The van der Waals surface area contributed by atoms with Crippen molar-refractivity contribution in [3.05, 3.63) is 18.5 Å². The van der Waals surface area contributed by atoms with Gasteiger partial charge in [0.2, 0.25) is 11.9 Å². The molecule has 0 saturated carbocycles. The zero-order valence-electron chi connectivity index (χ0n) is 19.0. The molecule has 0 atom stereocenters. The van der Waals surface area contributed by atoms with E-state index in [2.05, 4.69) is 49.2 Å². The third-order valence-electron chi connectivity index (χ3n) is 5.92. The molecule has 1 aromatic rings. The van der Waals surface area contributed by atoms with E-state index >= 15 is 0 Å². The topological polar surface area (TPSA) is 89.0 Å². The van der Waals surface area contributed by atoms with Crippen LogP contribution in [0.3, 0.4) is 0 Å². The van der Waals surface area contributed by atoms with E-state index in [-0.39, 0.29) is 29.9 Å². The molecule has 2 saturated heterocycles. The minimum absolute atomic E-state index is 0. The molecule has 2 fully saturated rings. The van der Waals surface area contributed by atoms with Crippen LogP contribution in [-0.2, 0) is 4.79 Å². The van der Waals surface area contributed by atoms with E-state index in [4.69, 9.17) is 0 Å². The molecule has 2 N–H and O–H groups in total. The number of carbonyl (C=O) groups excluding carboxylic acids is 1. The fourth-order valence-corrected chi connectivity index (χ4v) is 4.00. The second-order valence-electron chi connectivity index (χ2n) is 8.21. The molecule has 1 amide bonds. The number of piperidine rings is 1. The van der Waals surface area contributed by atoms with Crippen LogP contribution >= 0.6 is 24.0 Å². The van der Waals surface area contributed by atoms with Gasteiger partial charge in [0.15, 0.2) is 5.96 Å². The quantitative estimate of drug-likeness (QED) is 0.316. The molecule has 31 heavy (non-hydrogen) atoms. The fourth-order valence-electron chi connectivity index (χ4n) is 4.00. The number of hydrogen-bond donors (Lipinski definition) is 2. The zero-order chi connectivity index (χ0) is 21.3. The van der Waals surface area contributed by atoms with Gasteiger partial charge in [-0.3, -0.25) is 9.79 Å². The summed E-state index contributed by atoms with van der Waals surface area (Å²) in [5, 5.41) is 6.81. The van der Waals surface area contributed by atoms with E-state index in [1.807, 2.05) is 11.0 Å². The summed E-state index contributed by atoms with van der Waals surface area (Å²) in [4.78, 5) is 32.0. The lowest BCUT2D eigenvalue weighted by Crippen LogP contribution is -2.51. The molecule has 0 aromatic carbocycles. The number of rotatable bonds is 6. The first-order chi connectivity index (χ1) is 14.6. The van der Waals surface area contributed by atoms with Gasteiger partial charge >= 0.3 is 0 Å². The Bertz CT molecular complexity index is 686. The van der Waals surface area contributed by atoms with Crippen molar-refractivity contribution >= 4 is 41.8 Å². The number of carbonyl (C=O) groups is 1. The highest BCUT2D eigenvalue weighted by Gasteiger charge is 2.23. The van der Waals surface area contributed by atoms with Crippen molar-refractivity contribution in [3.63, 3.8) is 0 Å². The van der Waals surface area contributed by atoms with Gasteiger partial charge in [-0.05, 0) is 32.8 Å². The lowest BCUT2D eigenvalue weighted by molar-refractivity contribution is -0.131. The van der Waals surface area contributed by atoms with Crippen molar-refractivity contribution in [1.29, 1.82) is 0 Å². The van der Waals surface area contributed by atoms with Crippen LogP contribution in [-0.4, -0.2) is 96.6 Å². The Kier molecular flexibility index (Phi) is 10.7. The maximum Gasteiger partial charge on any atom is 0.225 e. The monoisotopic (exact) mass is 544 g/mol. The second kappa shape index (κ2) is 13.0. The summed E-state index contributed by atoms with van der Waals surface area (Å²) < 4.78 is 0. The number of guanidine groups is 1. The molecule has 0 bridgehead atoms. The Labute approximate surface area is 203 Å². The summed E-state index contributed by atoms with van der Waals surface area (Å²) >= 11 is 0. The minimum atomic E-state index is 0. The number of aromatic nitrogens is 2. The number of piperazine rings is 1. The van der Waals surface area contributed by atoms with E-state index in [0.29, 0.717) is 38.1 Å². The summed E-state index contributed by atoms with van der Waals surface area (Å²) in [7, 11) is 1.78. The van der Waals surface area contributed by atoms with Crippen LogP contribution in [0.15, 0.2) is 23.5 Å². The molecule has 3 rings (SSSR count). The van der Waals surface area contributed by atoms with E-state index in [1.54, 1.807) is 19.4 Å². The first-order valence-electron chi connectivity index (χ1n) is 11.1. The molecule has 0 aliphatic carbocycles. The minimum Gasteiger partial charge on any atom is -0.356 e. The Balaban J connectivity index is 0.00000341. The smallest absolute Gasteiger partial charge is 0.225 e. The van der Waals surface area contributed by atoms with Crippen molar-refractivity contribution in [2.45, 2.75) is 45.2 Å². The van der Waals surface area contributed by atoms with E-state index in [1.165, 1.54) is 0 Å². The van der Waals surface area contributed by atoms with E-state index in [0.717, 1.165) is 50.9 Å². The molecule has 2 aliphatic rings. The normalized spacial score (nSPS) is 18.6. The average Bonchev–Trinajstić information content (AvgIpc) is 2.79. The van der Waals surface area contributed by atoms with Crippen molar-refractivity contribution in [1.82, 2.24) is 30.4 Å². The van der Waals surface area contributed by atoms with Gasteiger partial charge < -0.3 is 25.3 Å². The molecule has 10 heteroatoms. The summed E-state index contributed by atoms with van der Waals surface area (Å²) in [6.45, 7) is 10.3. The lowest BCUT2D eigenvalue weighted by atomic mass is 10.0. The average molecular weight is 544 g/mol. The molecule has 9 nitrogen and oxygen atoms in total. The Hall–Kier alpha value is -1.69. The highest BCUT2D eigenvalue weighted by atomic mass is 127. The summed E-state index contributed by atoms with van der Waals surface area (Å²) in [6.07, 6.45) is 6.20. The standard InChI is InChI=1S/C21H36N8O.HI/c1-17(2)27-11-6-18(7-12-27)26-20(22-3)23-10-5-19(30)28-13-15-29(16-14-28)21-24-8-4-9-25-21;/h4,8-9,17-18H,5-7,10-16H2,1-3H3,(H2,22,23,26);1H. The highest BCUT2D eigenvalue weighted by molar-refractivity contribution is 14.0. The zero-order valence-corrected chi connectivity index (χ0v) is 21.3. The van der Waals surface area contributed by atoms with E-state index in [9.17, 15) is 4.79 Å². The number of halogens is 1. The van der Waals surface area contributed by atoms with Crippen molar-refractivity contribution in [2.75, 3.05) is 57.8 Å². The lowest BCUT2D eigenvalue weighted by Gasteiger charge is -2.35. The van der Waals surface area contributed by atoms with Gasteiger partial charge in [0.25, 0.3) is 0 Å². The number of nitrogens with zero attached hydrogens (tertiary/aromatic N) is 6. The van der Waals surface area contributed by atoms with Gasteiger partial charge in [-0.15, -0.1) is 24.0 Å². The van der Waals surface area contributed by atoms with Crippen LogP contribution in [0.2, 0.25) is 0 Å². The number of aliphatic imine (C=N–C) groups is 1. The number of anilines is 1. The largest absolute Gasteiger partial charge is 0.356 e. The van der Waals surface area contributed by atoms with Crippen LogP contribution in [0.1, 0.15) is 33.1 Å². The van der Waals surface area contributed by atoms with Crippen molar-refractivity contribution in [2.24, 2.45) is 4.99 Å². The molecule has 0 unspecified atom stereocenters. The predicted molar refractivity (Wildman–Crippen MR) is 135 cm³/mol. The summed E-state index contributed by atoms with van der Waals surface area (Å²) in [5.41, 5.74) is 0.